The van der Waals surface area contributed by atoms with Gasteiger partial charge in [-0.25, -0.2) is 0 Å². The summed E-state index contributed by atoms with van der Waals surface area (Å²) in [4.78, 5) is 2.17. The van der Waals surface area contributed by atoms with E-state index in [0.717, 1.165) is 39.0 Å². The number of ether oxygens (including phenoxy) is 1. The minimum absolute atomic E-state index is 0.437. The van der Waals surface area contributed by atoms with Gasteiger partial charge in [0.1, 0.15) is 0 Å². The zero-order chi connectivity index (χ0) is 9.03. The molecule has 1 N–H and O–H groups in total. The Morgan fingerprint density at radius 3 is 2.83 bits per heavy atom. The van der Waals surface area contributed by atoms with Gasteiger partial charge in [0.05, 0.1) is 5.60 Å². The Bertz CT molecular complexity index is 140. The van der Waals surface area contributed by atoms with E-state index in [2.05, 4.69) is 4.90 Å². The van der Waals surface area contributed by atoms with Gasteiger partial charge in [-0.1, -0.05) is 0 Å². The monoisotopic (exact) mass is 173 g/mol. The van der Waals surface area contributed by atoms with Crippen molar-refractivity contribution in [3.05, 3.63) is 0 Å². The number of likely N-dealkylation sites (N-methyl/N-ethyl adjacent to an activating group) is 1. The molecule has 1 heterocycles. The molecule has 0 spiro atoms. The van der Waals surface area contributed by atoms with E-state index in [1.165, 1.54) is 0 Å². The highest BCUT2D eigenvalue weighted by Crippen LogP contribution is 2.24. The van der Waals surface area contributed by atoms with Crippen LogP contribution in [0.2, 0.25) is 0 Å². The zero-order valence-corrected chi connectivity index (χ0v) is 8.05. The molecule has 0 radical (unpaired) electrons. The van der Waals surface area contributed by atoms with Gasteiger partial charge in [-0.3, -0.25) is 0 Å². The van der Waals surface area contributed by atoms with Crippen molar-refractivity contribution >= 4 is 0 Å². The van der Waals surface area contributed by atoms with Crippen LogP contribution >= 0.6 is 0 Å². The summed E-state index contributed by atoms with van der Waals surface area (Å²) >= 11 is 0. The molecule has 3 heteroatoms. The smallest absolute Gasteiger partial charge is 0.0787 e. The van der Waals surface area contributed by atoms with E-state index in [4.69, 9.17) is 4.74 Å². The molecule has 1 aliphatic rings. The van der Waals surface area contributed by atoms with Crippen molar-refractivity contribution in [3.8, 4) is 0 Å². The number of nitrogens with zero attached hydrogens (tertiary/aromatic N) is 1. The molecule has 1 atom stereocenters. The van der Waals surface area contributed by atoms with E-state index >= 15 is 0 Å². The van der Waals surface area contributed by atoms with E-state index < -0.39 is 5.60 Å². The molecular weight excluding hydrogens is 154 g/mol. The van der Waals surface area contributed by atoms with Gasteiger partial charge in [-0.05, 0) is 26.3 Å². The minimum Gasteiger partial charge on any atom is -0.389 e. The molecule has 12 heavy (non-hydrogen) atoms. The number of aliphatic hydroxyl groups is 1. The Morgan fingerprint density at radius 2 is 2.33 bits per heavy atom. The average molecular weight is 173 g/mol. The highest BCUT2D eigenvalue weighted by atomic mass is 16.5. The van der Waals surface area contributed by atoms with Crippen molar-refractivity contribution in [1.82, 2.24) is 4.90 Å². The predicted octanol–water partition coefficient (Wildman–Crippen LogP) is 0.480. The Morgan fingerprint density at radius 1 is 1.58 bits per heavy atom. The number of methoxy groups -OCH3 is 1. The second kappa shape index (κ2) is 4.21. The number of rotatable bonds is 4. The van der Waals surface area contributed by atoms with E-state index in [9.17, 15) is 5.11 Å². The van der Waals surface area contributed by atoms with Crippen molar-refractivity contribution in [1.29, 1.82) is 0 Å². The second-order valence-electron chi connectivity index (χ2n) is 3.81. The highest BCUT2D eigenvalue weighted by Gasteiger charge is 2.33. The maximum Gasteiger partial charge on any atom is 0.0787 e. The summed E-state index contributed by atoms with van der Waals surface area (Å²) in [6, 6.07) is 0. The third kappa shape index (κ3) is 2.73. The van der Waals surface area contributed by atoms with Crippen LogP contribution in [0.3, 0.4) is 0 Å². The van der Waals surface area contributed by atoms with E-state index in [1.54, 1.807) is 7.11 Å². The first kappa shape index (κ1) is 9.96. The first-order valence-electron chi connectivity index (χ1n) is 4.56. The molecule has 1 rings (SSSR count). The lowest BCUT2D eigenvalue weighted by molar-refractivity contribution is 0.0336. The van der Waals surface area contributed by atoms with Crippen LogP contribution in [0.5, 0.6) is 0 Å². The van der Waals surface area contributed by atoms with Gasteiger partial charge < -0.3 is 14.7 Å². The summed E-state index contributed by atoms with van der Waals surface area (Å²) in [5, 5.41) is 9.99. The average Bonchev–Trinajstić information content (AvgIpc) is 2.32. The molecule has 0 aromatic rings. The third-order valence-electron chi connectivity index (χ3n) is 2.51. The SMILES string of the molecule is COCCCC1(O)CCN(C)C1. The lowest BCUT2D eigenvalue weighted by Gasteiger charge is -2.21. The van der Waals surface area contributed by atoms with E-state index in [1.807, 2.05) is 7.05 Å². The Labute approximate surface area is 74.3 Å². The summed E-state index contributed by atoms with van der Waals surface area (Å²) in [5.41, 5.74) is -0.437. The summed E-state index contributed by atoms with van der Waals surface area (Å²) < 4.78 is 4.95. The van der Waals surface area contributed by atoms with Crippen molar-refractivity contribution in [2.75, 3.05) is 33.9 Å². The third-order valence-corrected chi connectivity index (χ3v) is 2.51. The van der Waals surface area contributed by atoms with Gasteiger partial charge in [0.15, 0.2) is 0 Å². The number of likely N-dealkylation sites (tertiary alicyclic amines) is 1. The van der Waals surface area contributed by atoms with Crippen molar-refractivity contribution < 1.29 is 9.84 Å². The van der Waals surface area contributed by atoms with Crippen molar-refractivity contribution in [2.45, 2.75) is 24.9 Å². The molecule has 72 valence electrons. The topological polar surface area (TPSA) is 32.7 Å². The fourth-order valence-electron chi connectivity index (χ4n) is 1.81. The van der Waals surface area contributed by atoms with E-state index in [-0.39, 0.29) is 0 Å². The maximum atomic E-state index is 9.99. The van der Waals surface area contributed by atoms with Crippen LogP contribution in [-0.2, 0) is 4.74 Å². The Balaban J connectivity index is 2.21. The van der Waals surface area contributed by atoms with Crippen LogP contribution in [-0.4, -0.2) is 49.5 Å². The minimum atomic E-state index is -0.437. The maximum absolute atomic E-state index is 9.99. The first-order chi connectivity index (χ1) is 5.66. The lowest BCUT2D eigenvalue weighted by atomic mass is 9.97. The van der Waals surface area contributed by atoms with Gasteiger partial charge in [0.25, 0.3) is 0 Å². The Hall–Kier alpha value is -0.120. The highest BCUT2D eigenvalue weighted by molar-refractivity contribution is 4.88. The van der Waals surface area contributed by atoms with Gasteiger partial charge in [-0.15, -0.1) is 0 Å². The first-order valence-corrected chi connectivity index (χ1v) is 4.56. The molecule has 0 aliphatic carbocycles. The fraction of sp³-hybridized carbons (Fsp3) is 1.00. The van der Waals surface area contributed by atoms with E-state index in [0.29, 0.717) is 0 Å². The zero-order valence-electron chi connectivity index (χ0n) is 8.05. The number of hydrogen-bond acceptors (Lipinski definition) is 3. The standard InChI is InChI=1S/C9H19NO2/c1-10-6-5-9(11,8-10)4-3-7-12-2/h11H,3-8H2,1-2H3. The Kier molecular flexibility index (Phi) is 3.50. The largest absolute Gasteiger partial charge is 0.389 e. The van der Waals surface area contributed by atoms with Crippen LogP contribution < -0.4 is 0 Å². The molecule has 1 unspecified atom stereocenters. The summed E-state index contributed by atoms with van der Waals surface area (Å²) in [5.74, 6) is 0. The normalized spacial score (nSPS) is 31.2. The number of hydrogen-bond donors (Lipinski definition) is 1. The molecular formula is C9H19NO2. The van der Waals surface area contributed by atoms with Gasteiger partial charge in [-0.2, -0.15) is 0 Å². The van der Waals surface area contributed by atoms with Crippen LogP contribution in [0, 0.1) is 0 Å². The van der Waals surface area contributed by atoms with Gasteiger partial charge in [0, 0.05) is 26.8 Å². The quantitative estimate of drug-likeness (QED) is 0.628. The second-order valence-corrected chi connectivity index (χ2v) is 3.81. The van der Waals surface area contributed by atoms with Gasteiger partial charge >= 0.3 is 0 Å². The molecule has 0 bridgehead atoms. The predicted molar refractivity (Wildman–Crippen MR) is 48.2 cm³/mol. The van der Waals surface area contributed by atoms with Crippen LogP contribution in [0.25, 0.3) is 0 Å². The van der Waals surface area contributed by atoms with Crippen LogP contribution in [0.1, 0.15) is 19.3 Å². The molecule has 0 amide bonds. The molecule has 1 aliphatic heterocycles. The molecule has 0 saturated carbocycles. The summed E-state index contributed by atoms with van der Waals surface area (Å²) in [6.45, 7) is 2.59. The molecule has 1 saturated heterocycles. The van der Waals surface area contributed by atoms with Crippen molar-refractivity contribution in [2.24, 2.45) is 0 Å². The van der Waals surface area contributed by atoms with Crippen molar-refractivity contribution in [3.63, 3.8) is 0 Å². The van der Waals surface area contributed by atoms with Gasteiger partial charge in [0.2, 0.25) is 0 Å². The lowest BCUT2D eigenvalue weighted by Crippen LogP contribution is -2.32. The number of β-amino-alcohol motifs (C(OH)–C–C–N with tert-alkyl or cyclic N) is 1. The molecule has 0 aromatic heterocycles. The van der Waals surface area contributed by atoms with Crippen LogP contribution in [0.4, 0.5) is 0 Å². The fourth-order valence-corrected chi connectivity index (χ4v) is 1.81. The molecule has 1 fully saturated rings. The summed E-state index contributed by atoms with van der Waals surface area (Å²) in [6.07, 6.45) is 2.74. The molecule has 0 aromatic carbocycles. The van der Waals surface area contributed by atoms with Crippen LogP contribution in [0.15, 0.2) is 0 Å². The molecule has 3 nitrogen and oxygen atoms in total. The summed E-state index contributed by atoms with van der Waals surface area (Å²) in [7, 11) is 3.75.